The number of likely N-dealkylation sites (N-methyl/N-ethyl adjacent to an activating group) is 1. The summed E-state index contributed by atoms with van der Waals surface area (Å²) in [6.07, 6.45) is 8.05. The lowest BCUT2D eigenvalue weighted by atomic mass is 9.91. The Morgan fingerprint density at radius 3 is 2.82 bits per heavy atom. The van der Waals surface area contributed by atoms with E-state index in [1.807, 2.05) is 30.3 Å². The Hall–Kier alpha value is -2.71. The Balaban J connectivity index is 1.62. The molecule has 0 spiro atoms. The van der Waals surface area contributed by atoms with Crippen molar-refractivity contribution in [2.75, 3.05) is 32.9 Å². The molecule has 0 saturated carbocycles. The van der Waals surface area contributed by atoms with Crippen LogP contribution in [0.15, 0.2) is 57.4 Å². The van der Waals surface area contributed by atoms with E-state index in [0.29, 0.717) is 26.1 Å². The molecule has 0 amide bonds. The molecule has 4 aliphatic rings. The average molecular weight is 395 g/mol. The molecule has 0 fully saturated rings. The van der Waals surface area contributed by atoms with Gasteiger partial charge in [0.25, 0.3) is 0 Å². The van der Waals surface area contributed by atoms with Gasteiger partial charge in [-0.2, -0.15) is 14.5 Å². The third-order valence-corrected chi connectivity index (χ3v) is 6.81. The molecule has 1 N–H and O–H groups in total. The van der Waals surface area contributed by atoms with Gasteiger partial charge in [0.1, 0.15) is 5.71 Å². The maximum atomic E-state index is 11.8. The van der Waals surface area contributed by atoms with E-state index in [2.05, 4.69) is 28.7 Å². The van der Waals surface area contributed by atoms with Gasteiger partial charge in [-0.3, -0.25) is 10.4 Å². The van der Waals surface area contributed by atoms with Crippen molar-refractivity contribution >= 4 is 27.5 Å². The fourth-order valence-electron chi connectivity index (χ4n) is 4.16. The molecular formula is C20H21N5O2S. The van der Waals surface area contributed by atoms with Gasteiger partial charge >= 0.3 is 0 Å². The zero-order chi connectivity index (χ0) is 19.5. The zero-order valence-corrected chi connectivity index (χ0v) is 16.6. The molecule has 5 rings (SSSR count). The number of benzene rings is 1. The highest BCUT2D eigenvalue weighted by molar-refractivity contribution is 7.88. The first-order valence-corrected chi connectivity index (χ1v) is 11.1. The molecule has 28 heavy (non-hydrogen) atoms. The van der Waals surface area contributed by atoms with E-state index in [9.17, 15) is 8.42 Å². The SMILES string of the molecule is CN1CC(C2=CCN(S(C)(=O)=O)CC2)=C2NN=C3C=Cc4cccc(c43)C2=N1. The van der Waals surface area contributed by atoms with Crippen LogP contribution in [-0.2, 0) is 10.0 Å². The van der Waals surface area contributed by atoms with Crippen LogP contribution in [0, 0.1) is 0 Å². The van der Waals surface area contributed by atoms with Crippen LogP contribution in [0.5, 0.6) is 0 Å². The molecule has 0 atom stereocenters. The lowest BCUT2D eigenvalue weighted by Crippen LogP contribution is -2.36. The van der Waals surface area contributed by atoms with Crippen molar-refractivity contribution in [3.63, 3.8) is 0 Å². The van der Waals surface area contributed by atoms with E-state index in [1.165, 1.54) is 10.6 Å². The second kappa shape index (κ2) is 6.15. The maximum Gasteiger partial charge on any atom is 0.211 e. The Morgan fingerprint density at radius 2 is 2.07 bits per heavy atom. The minimum absolute atomic E-state index is 0.402. The number of nitrogens with one attached hydrogen (secondary N) is 1. The highest BCUT2D eigenvalue weighted by Crippen LogP contribution is 2.33. The van der Waals surface area contributed by atoms with Gasteiger partial charge in [0, 0.05) is 36.8 Å². The average Bonchev–Trinajstić information content (AvgIpc) is 3.01. The number of allylic oxidation sites excluding steroid dienone is 2. The molecular weight excluding hydrogens is 374 g/mol. The smallest absolute Gasteiger partial charge is 0.211 e. The van der Waals surface area contributed by atoms with Gasteiger partial charge < -0.3 is 0 Å². The van der Waals surface area contributed by atoms with Crippen LogP contribution in [0.4, 0.5) is 0 Å². The third-order valence-electron chi connectivity index (χ3n) is 5.54. The van der Waals surface area contributed by atoms with Crippen LogP contribution >= 0.6 is 0 Å². The van der Waals surface area contributed by atoms with E-state index in [0.717, 1.165) is 45.0 Å². The largest absolute Gasteiger partial charge is 0.295 e. The van der Waals surface area contributed by atoms with Crippen molar-refractivity contribution in [3.05, 3.63) is 63.9 Å². The van der Waals surface area contributed by atoms with Crippen LogP contribution in [-0.4, -0.2) is 62.1 Å². The molecule has 3 heterocycles. The molecule has 0 bridgehead atoms. The molecule has 0 unspecified atom stereocenters. The topological polar surface area (TPSA) is 77.4 Å². The van der Waals surface area contributed by atoms with Crippen LogP contribution in [0.25, 0.3) is 6.08 Å². The van der Waals surface area contributed by atoms with E-state index in [4.69, 9.17) is 5.10 Å². The number of fused-ring (bicyclic) bond motifs is 2. The summed E-state index contributed by atoms with van der Waals surface area (Å²) in [5, 5.41) is 11.4. The van der Waals surface area contributed by atoms with Crippen molar-refractivity contribution in [2.24, 2.45) is 10.2 Å². The number of hydrogen-bond donors (Lipinski definition) is 1. The Bertz CT molecular complexity index is 1140. The summed E-state index contributed by atoms with van der Waals surface area (Å²) >= 11 is 0. The Labute approximate surface area is 164 Å². The lowest BCUT2D eigenvalue weighted by molar-refractivity contribution is 0.375. The van der Waals surface area contributed by atoms with Gasteiger partial charge in [0.15, 0.2) is 0 Å². The summed E-state index contributed by atoms with van der Waals surface area (Å²) in [5.41, 5.74) is 11.6. The second-order valence-corrected chi connectivity index (χ2v) is 9.41. The summed E-state index contributed by atoms with van der Waals surface area (Å²) in [4.78, 5) is 0. The van der Waals surface area contributed by atoms with E-state index < -0.39 is 10.0 Å². The summed E-state index contributed by atoms with van der Waals surface area (Å²) in [6, 6.07) is 6.22. The number of rotatable bonds is 2. The fourth-order valence-corrected chi connectivity index (χ4v) is 4.93. The second-order valence-electron chi connectivity index (χ2n) is 7.43. The standard InChI is InChI=1S/C20H21N5O2S/c1-24-12-16(13-8-10-25(11-9-13)28(2,26)27)19-20(23-24)15-5-3-4-14-6-7-17(18(14)15)21-22-19/h3-8,22H,9-12H2,1-2H3. The van der Waals surface area contributed by atoms with Gasteiger partial charge in [0.05, 0.1) is 24.2 Å². The summed E-state index contributed by atoms with van der Waals surface area (Å²) in [6.45, 7) is 1.56. The minimum atomic E-state index is -3.17. The summed E-state index contributed by atoms with van der Waals surface area (Å²) < 4.78 is 25.2. The zero-order valence-electron chi connectivity index (χ0n) is 15.8. The van der Waals surface area contributed by atoms with Gasteiger partial charge in [-0.15, -0.1) is 0 Å². The molecule has 1 aromatic carbocycles. The Kier molecular flexibility index (Phi) is 3.82. The van der Waals surface area contributed by atoms with Crippen LogP contribution in [0.2, 0.25) is 0 Å². The predicted octanol–water partition coefficient (Wildman–Crippen LogP) is 1.52. The van der Waals surface area contributed by atoms with Gasteiger partial charge in [-0.25, -0.2) is 8.42 Å². The first kappa shape index (κ1) is 17.4. The molecule has 7 nitrogen and oxygen atoms in total. The third kappa shape index (κ3) is 2.71. The molecule has 144 valence electrons. The predicted molar refractivity (Wildman–Crippen MR) is 110 cm³/mol. The lowest BCUT2D eigenvalue weighted by Gasteiger charge is -2.31. The van der Waals surface area contributed by atoms with E-state index >= 15 is 0 Å². The molecule has 0 radical (unpaired) electrons. The van der Waals surface area contributed by atoms with Crippen LogP contribution in [0.3, 0.4) is 0 Å². The molecule has 8 heteroatoms. The number of sulfonamides is 1. The summed E-state index contributed by atoms with van der Waals surface area (Å²) in [7, 11) is -1.21. The molecule has 1 aromatic rings. The van der Waals surface area contributed by atoms with E-state index in [-0.39, 0.29) is 0 Å². The van der Waals surface area contributed by atoms with Crippen molar-refractivity contribution in [2.45, 2.75) is 6.42 Å². The van der Waals surface area contributed by atoms with Gasteiger partial charge in [-0.05, 0) is 23.6 Å². The quantitative estimate of drug-likeness (QED) is 0.824. The van der Waals surface area contributed by atoms with Gasteiger partial charge in [-0.1, -0.05) is 30.4 Å². The first-order chi connectivity index (χ1) is 13.4. The molecule has 1 aliphatic carbocycles. The van der Waals surface area contributed by atoms with Crippen molar-refractivity contribution < 1.29 is 8.42 Å². The van der Waals surface area contributed by atoms with Crippen LogP contribution < -0.4 is 5.43 Å². The van der Waals surface area contributed by atoms with E-state index in [1.54, 1.807) is 0 Å². The van der Waals surface area contributed by atoms with Crippen molar-refractivity contribution in [3.8, 4) is 0 Å². The maximum absolute atomic E-state index is 11.8. The number of nitrogens with zero attached hydrogens (tertiary/aromatic N) is 4. The Morgan fingerprint density at radius 1 is 1.21 bits per heavy atom. The number of hydrogen-bond acceptors (Lipinski definition) is 6. The molecule has 3 aliphatic heterocycles. The van der Waals surface area contributed by atoms with Crippen molar-refractivity contribution in [1.29, 1.82) is 0 Å². The molecule has 0 aromatic heterocycles. The number of hydrazone groups is 2. The van der Waals surface area contributed by atoms with Gasteiger partial charge in [0.2, 0.25) is 10.0 Å². The van der Waals surface area contributed by atoms with Crippen molar-refractivity contribution in [1.82, 2.24) is 14.7 Å². The summed E-state index contributed by atoms with van der Waals surface area (Å²) in [5.74, 6) is 0. The first-order valence-electron chi connectivity index (χ1n) is 9.25. The highest BCUT2D eigenvalue weighted by atomic mass is 32.2. The highest BCUT2D eigenvalue weighted by Gasteiger charge is 2.31. The minimum Gasteiger partial charge on any atom is -0.295 e. The fraction of sp³-hybridized carbons (Fsp3) is 0.300. The molecule has 0 saturated heterocycles. The normalized spacial score (nSPS) is 21.4. The van der Waals surface area contributed by atoms with Crippen LogP contribution in [0.1, 0.15) is 23.1 Å². The monoisotopic (exact) mass is 395 g/mol.